The fraction of sp³-hybridized carbons (Fsp3) is 0.364. The first kappa shape index (κ1) is 19.1. The van der Waals surface area contributed by atoms with E-state index in [0.717, 1.165) is 17.7 Å². The summed E-state index contributed by atoms with van der Waals surface area (Å²) in [6, 6.07) is 10.9. The van der Waals surface area contributed by atoms with Gasteiger partial charge in [0.15, 0.2) is 17.6 Å². The van der Waals surface area contributed by atoms with Crippen molar-refractivity contribution >= 4 is 17.6 Å². The summed E-state index contributed by atoms with van der Waals surface area (Å²) < 4.78 is 21.9. The molecule has 0 spiro atoms. The molecule has 2 atom stereocenters. The van der Waals surface area contributed by atoms with Gasteiger partial charge < -0.3 is 23.8 Å². The maximum Gasteiger partial charge on any atom is 0.339 e. The zero-order valence-electron chi connectivity index (χ0n) is 16.6. The van der Waals surface area contributed by atoms with Gasteiger partial charge in [-0.25, -0.2) is 4.79 Å². The lowest BCUT2D eigenvalue weighted by atomic mass is 10.1. The highest BCUT2D eigenvalue weighted by atomic mass is 16.6. The van der Waals surface area contributed by atoms with E-state index in [1.54, 1.807) is 17.9 Å². The second-order valence-corrected chi connectivity index (χ2v) is 7.14. The number of para-hydroxylation sites is 1. The number of carbonyl (C=O) groups is 2. The van der Waals surface area contributed by atoms with E-state index in [4.69, 9.17) is 18.9 Å². The van der Waals surface area contributed by atoms with E-state index in [0.29, 0.717) is 30.5 Å². The molecule has 2 aromatic carbocycles. The van der Waals surface area contributed by atoms with Crippen LogP contribution in [0.15, 0.2) is 36.4 Å². The van der Waals surface area contributed by atoms with Crippen LogP contribution in [0.25, 0.3) is 0 Å². The van der Waals surface area contributed by atoms with E-state index in [9.17, 15) is 9.59 Å². The Morgan fingerprint density at radius 1 is 1.17 bits per heavy atom. The highest BCUT2D eigenvalue weighted by molar-refractivity contribution is 6.01. The molecule has 29 heavy (non-hydrogen) atoms. The molecule has 7 heteroatoms. The molecule has 0 saturated heterocycles. The predicted molar refractivity (Wildman–Crippen MR) is 106 cm³/mol. The fourth-order valence-electron chi connectivity index (χ4n) is 3.77. The summed E-state index contributed by atoms with van der Waals surface area (Å²) in [6.07, 6.45) is -0.155. The Bertz CT molecular complexity index is 939. The summed E-state index contributed by atoms with van der Waals surface area (Å²) in [4.78, 5) is 27.4. The lowest BCUT2D eigenvalue weighted by Crippen LogP contribution is -2.43. The van der Waals surface area contributed by atoms with Crippen LogP contribution in [0.3, 0.4) is 0 Å². The quantitative estimate of drug-likeness (QED) is 0.739. The monoisotopic (exact) mass is 397 g/mol. The Hall–Kier alpha value is -3.22. The van der Waals surface area contributed by atoms with Gasteiger partial charge in [-0.15, -0.1) is 0 Å². The molecule has 0 radical (unpaired) electrons. The van der Waals surface area contributed by atoms with Crippen LogP contribution in [0.2, 0.25) is 0 Å². The lowest BCUT2D eigenvalue weighted by molar-refractivity contribution is -0.126. The van der Waals surface area contributed by atoms with Crippen LogP contribution < -0.4 is 19.1 Å². The summed E-state index contributed by atoms with van der Waals surface area (Å²) in [7, 11) is 1.49. The van der Waals surface area contributed by atoms with Gasteiger partial charge in [0.2, 0.25) is 5.75 Å². The zero-order valence-corrected chi connectivity index (χ0v) is 16.6. The number of esters is 1. The third-order valence-electron chi connectivity index (χ3n) is 5.14. The van der Waals surface area contributed by atoms with Crippen molar-refractivity contribution < 1.29 is 28.5 Å². The molecule has 4 rings (SSSR count). The number of rotatable bonds is 4. The second kappa shape index (κ2) is 7.66. The zero-order chi connectivity index (χ0) is 20.5. The van der Waals surface area contributed by atoms with Crippen LogP contribution >= 0.6 is 0 Å². The van der Waals surface area contributed by atoms with Crippen molar-refractivity contribution in [1.82, 2.24) is 0 Å². The van der Waals surface area contributed by atoms with Crippen LogP contribution in [0, 0.1) is 0 Å². The molecule has 2 aromatic rings. The Morgan fingerprint density at radius 3 is 2.72 bits per heavy atom. The van der Waals surface area contributed by atoms with E-state index in [2.05, 4.69) is 0 Å². The van der Waals surface area contributed by atoms with E-state index >= 15 is 0 Å². The molecule has 0 bridgehead atoms. The number of fused-ring (bicyclic) bond motifs is 2. The van der Waals surface area contributed by atoms with Crippen molar-refractivity contribution in [2.45, 2.75) is 32.4 Å². The first-order chi connectivity index (χ1) is 14.0. The first-order valence-corrected chi connectivity index (χ1v) is 9.59. The fourth-order valence-corrected chi connectivity index (χ4v) is 3.77. The highest BCUT2D eigenvalue weighted by Gasteiger charge is 2.35. The van der Waals surface area contributed by atoms with Gasteiger partial charge in [-0.05, 0) is 44.0 Å². The number of ether oxygens (including phenoxy) is 4. The van der Waals surface area contributed by atoms with Crippen LogP contribution in [-0.2, 0) is 16.0 Å². The number of nitrogens with zero attached hydrogens (tertiary/aromatic N) is 1. The van der Waals surface area contributed by atoms with Gasteiger partial charge in [0.25, 0.3) is 5.91 Å². The van der Waals surface area contributed by atoms with Gasteiger partial charge >= 0.3 is 5.97 Å². The lowest BCUT2D eigenvalue weighted by Gasteiger charge is -2.26. The molecule has 0 aromatic heterocycles. The number of benzene rings is 2. The smallest absolute Gasteiger partial charge is 0.339 e. The molecular weight excluding hydrogens is 374 g/mol. The largest absolute Gasteiger partial charge is 0.493 e. The van der Waals surface area contributed by atoms with Crippen molar-refractivity contribution in [2.24, 2.45) is 0 Å². The molecular formula is C22H23NO6. The molecule has 0 aliphatic carbocycles. The number of methoxy groups -OCH3 is 1. The number of carbonyl (C=O) groups excluding carboxylic acids is 2. The summed E-state index contributed by atoms with van der Waals surface area (Å²) in [6.45, 7) is 4.37. The normalized spacial score (nSPS) is 18.0. The van der Waals surface area contributed by atoms with Crippen molar-refractivity contribution in [1.29, 1.82) is 0 Å². The van der Waals surface area contributed by atoms with Gasteiger partial charge in [-0.2, -0.15) is 0 Å². The number of amides is 1. The SMILES string of the molecule is COc1cc(C(=O)O[C@H](C)C(=O)N2c3ccccc3C[C@H]2C)cc2c1OCCO2. The van der Waals surface area contributed by atoms with Crippen LogP contribution in [0.5, 0.6) is 17.2 Å². The van der Waals surface area contributed by atoms with E-state index in [1.807, 2.05) is 31.2 Å². The Kier molecular flexibility index (Phi) is 5.05. The first-order valence-electron chi connectivity index (χ1n) is 9.59. The summed E-state index contributed by atoms with van der Waals surface area (Å²) in [5.41, 5.74) is 2.22. The molecule has 2 aliphatic rings. The Balaban J connectivity index is 1.52. The highest BCUT2D eigenvalue weighted by Crippen LogP contribution is 2.40. The number of hydrogen-bond acceptors (Lipinski definition) is 6. The Morgan fingerprint density at radius 2 is 1.93 bits per heavy atom. The molecule has 7 nitrogen and oxygen atoms in total. The van der Waals surface area contributed by atoms with E-state index < -0.39 is 12.1 Å². The van der Waals surface area contributed by atoms with Crippen molar-refractivity contribution in [2.75, 3.05) is 25.2 Å². The predicted octanol–water partition coefficient (Wildman–Crippen LogP) is 2.99. The van der Waals surface area contributed by atoms with E-state index in [-0.39, 0.29) is 17.5 Å². The Labute approximate surface area is 169 Å². The minimum atomic E-state index is -0.935. The van der Waals surface area contributed by atoms with Gasteiger partial charge in [0, 0.05) is 11.7 Å². The molecule has 1 amide bonds. The third-order valence-corrected chi connectivity index (χ3v) is 5.14. The van der Waals surface area contributed by atoms with Crippen LogP contribution in [0.1, 0.15) is 29.8 Å². The van der Waals surface area contributed by atoms with Gasteiger partial charge in [-0.3, -0.25) is 4.79 Å². The minimum absolute atomic E-state index is 0.00967. The number of hydrogen-bond donors (Lipinski definition) is 0. The standard InChI is InChI=1S/C22H23NO6/c1-13-10-15-6-4-5-7-17(15)23(13)21(24)14(2)29-22(25)16-11-18(26-3)20-19(12-16)27-8-9-28-20/h4-7,11-14H,8-10H2,1-3H3/t13-,14-/m1/s1. The van der Waals surface area contributed by atoms with Crippen LogP contribution in [0.4, 0.5) is 5.69 Å². The molecule has 2 heterocycles. The molecule has 0 unspecified atom stereocenters. The van der Waals surface area contributed by atoms with Crippen molar-refractivity contribution in [3.63, 3.8) is 0 Å². The molecule has 152 valence electrons. The van der Waals surface area contributed by atoms with Crippen molar-refractivity contribution in [3.05, 3.63) is 47.5 Å². The van der Waals surface area contributed by atoms with Crippen LogP contribution in [-0.4, -0.2) is 44.3 Å². The second-order valence-electron chi connectivity index (χ2n) is 7.14. The van der Waals surface area contributed by atoms with Gasteiger partial charge in [0.05, 0.1) is 12.7 Å². The maximum absolute atomic E-state index is 13.0. The summed E-state index contributed by atoms with van der Waals surface area (Å²) in [5.74, 6) is 0.391. The molecule has 0 fully saturated rings. The van der Waals surface area contributed by atoms with Gasteiger partial charge in [0.1, 0.15) is 13.2 Å². The molecule has 2 aliphatic heterocycles. The summed E-state index contributed by atoms with van der Waals surface area (Å²) in [5, 5.41) is 0. The molecule has 0 saturated carbocycles. The van der Waals surface area contributed by atoms with Gasteiger partial charge in [-0.1, -0.05) is 18.2 Å². The van der Waals surface area contributed by atoms with E-state index in [1.165, 1.54) is 13.2 Å². The average molecular weight is 397 g/mol. The van der Waals surface area contributed by atoms with Crippen molar-refractivity contribution in [3.8, 4) is 17.2 Å². The number of anilines is 1. The topological polar surface area (TPSA) is 74.3 Å². The molecule has 0 N–H and O–H groups in total. The maximum atomic E-state index is 13.0. The third kappa shape index (κ3) is 3.48. The minimum Gasteiger partial charge on any atom is -0.493 e. The summed E-state index contributed by atoms with van der Waals surface area (Å²) >= 11 is 0. The average Bonchev–Trinajstić information content (AvgIpc) is 3.07.